The van der Waals surface area contributed by atoms with Crippen LogP contribution >= 0.6 is 15.9 Å². The van der Waals surface area contributed by atoms with Crippen molar-refractivity contribution < 1.29 is 8.42 Å². The molecule has 0 aliphatic heterocycles. The van der Waals surface area contributed by atoms with Crippen LogP contribution in [0.3, 0.4) is 0 Å². The molecule has 0 unspecified atom stereocenters. The molecule has 3 nitrogen and oxygen atoms in total. The summed E-state index contributed by atoms with van der Waals surface area (Å²) in [5, 5.41) is 4.98. The first-order valence-corrected chi connectivity index (χ1v) is 5.54. The van der Waals surface area contributed by atoms with Gasteiger partial charge in [-0.15, -0.1) is 0 Å². The molecule has 0 bridgehead atoms. The second-order valence-corrected chi connectivity index (χ2v) is 4.90. The van der Waals surface area contributed by atoms with E-state index in [0.717, 1.165) is 0 Å². The number of sulfonamides is 1. The first kappa shape index (κ1) is 9.70. The van der Waals surface area contributed by atoms with E-state index in [1.54, 1.807) is 19.1 Å². The van der Waals surface area contributed by atoms with Crippen molar-refractivity contribution in [1.29, 1.82) is 0 Å². The van der Waals surface area contributed by atoms with Crippen molar-refractivity contribution in [2.45, 2.75) is 11.8 Å². The highest BCUT2D eigenvalue weighted by Gasteiger charge is 2.10. The Morgan fingerprint density at radius 1 is 1.42 bits per heavy atom. The molecule has 2 N–H and O–H groups in total. The van der Waals surface area contributed by atoms with Gasteiger partial charge in [-0.3, -0.25) is 0 Å². The van der Waals surface area contributed by atoms with Gasteiger partial charge in [0, 0.05) is 4.47 Å². The van der Waals surface area contributed by atoms with Gasteiger partial charge in [-0.2, -0.15) is 0 Å². The van der Waals surface area contributed by atoms with Gasteiger partial charge in [0.1, 0.15) is 0 Å². The average molecular weight is 250 g/mol. The van der Waals surface area contributed by atoms with Crippen LogP contribution in [0.4, 0.5) is 0 Å². The summed E-state index contributed by atoms with van der Waals surface area (Å²) < 4.78 is 22.6. The van der Waals surface area contributed by atoms with E-state index in [0.29, 0.717) is 10.0 Å². The van der Waals surface area contributed by atoms with Gasteiger partial charge < -0.3 is 0 Å². The lowest BCUT2D eigenvalue weighted by molar-refractivity contribution is 0.597. The predicted molar refractivity (Wildman–Crippen MR) is 50.3 cm³/mol. The zero-order valence-electron chi connectivity index (χ0n) is 6.41. The molecule has 0 aliphatic rings. The van der Waals surface area contributed by atoms with Crippen LogP contribution in [0.2, 0.25) is 0 Å². The number of halogens is 1. The topological polar surface area (TPSA) is 60.2 Å². The Morgan fingerprint density at radius 3 is 2.42 bits per heavy atom. The third kappa shape index (κ3) is 2.06. The zero-order chi connectivity index (χ0) is 9.35. The van der Waals surface area contributed by atoms with Crippen LogP contribution in [0, 0.1) is 6.92 Å². The average Bonchev–Trinajstić information content (AvgIpc) is 1.92. The Labute approximate surface area is 79.8 Å². The number of hydrogen-bond acceptors (Lipinski definition) is 2. The molecule has 0 fully saturated rings. The lowest BCUT2D eigenvalue weighted by Gasteiger charge is -2.02. The van der Waals surface area contributed by atoms with E-state index in [-0.39, 0.29) is 4.90 Å². The molecule has 0 atom stereocenters. The summed E-state index contributed by atoms with van der Waals surface area (Å²) in [6.07, 6.45) is 0. The third-order valence-electron chi connectivity index (χ3n) is 1.46. The second kappa shape index (κ2) is 3.16. The molecule has 5 heteroatoms. The number of hydrogen-bond donors (Lipinski definition) is 1. The van der Waals surface area contributed by atoms with Crippen LogP contribution in [0.15, 0.2) is 27.6 Å². The fourth-order valence-corrected chi connectivity index (χ4v) is 2.20. The fourth-order valence-electron chi connectivity index (χ4n) is 0.880. The number of benzene rings is 1. The number of rotatable bonds is 1. The molecule has 1 aromatic rings. The van der Waals surface area contributed by atoms with E-state index in [1.165, 1.54) is 6.07 Å². The maximum Gasteiger partial charge on any atom is 0.238 e. The summed E-state index contributed by atoms with van der Waals surface area (Å²) in [7, 11) is -3.59. The quantitative estimate of drug-likeness (QED) is 0.819. The van der Waals surface area contributed by atoms with Gasteiger partial charge in [0.05, 0.1) is 4.90 Å². The minimum Gasteiger partial charge on any atom is -0.225 e. The Morgan fingerprint density at radius 2 is 2.00 bits per heavy atom. The minimum absolute atomic E-state index is 0.164. The lowest BCUT2D eigenvalue weighted by atomic mass is 10.2. The monoisotopic (exact) mass is 249 g/mol. The van der Waals surface area contributed by atoms with Crippen molar-refractivity contribution in [2.24, 2.45) is 5.14 Å². The van der Waals surface area contributed by atoms with Crippen molar-refractivity contribution in [2.75, 3.05) is 0 Å². The Bertz CT molecular complexity index is 400. The van der Waals surface area contributed by atoms with Gasteiger partial charge in [0.25, 0.3) is 0 Å². The van der Waals surface area contributed by atoms with Crippen molar-refractivity contribution in [3.05, 3.63) is 28.2 Å². The molecular weight excluding hydrogens is 242 g/mol. The van der Waals surface area contributed by atoms with Gasteiger partial charge in [-0.25, -0.2) is 13.6 Å². The largest absolute Gasteiger partial charge is 0.238 e. The van der Waals surface area contributed by atoms with Crippen molar-refractivity contribution in [3.8, 4) is 0 Å². The molecule has 0 aliphatic carbocycles. The highest BCUT2D eigenvalue weighted by Crippen LogP contribution is 2.18. The molecular formula is C7H8BrNO2S. The SMILES string of the molecule is Cc1ccc(Br)cc1S(N)(=O)=O. The van der Waals surface area contributed by atoms with Crippen molar-refractivity contribution in [1.82, 2.24) is 0 Å². The Hall–Kier alpha value is -0.390. The summed E-state index contributed by atoms with van der Waals surface area (Å²) in [6, 6.07) is 4.96. The lowest BCUT2D eigenvalue weighted by Crippen LogP contribution is -2.13. The standard InChI is InChI=1S/C7H8BrNO2S/c1-5-2-3-6(8)4-7(5)12(9,10)11/h2-4H,1H3,(H2,9,10,11). The second-order valence-electron chi connectivity index (χ2n) is 2.45. The molecule has 0 radical (unpaired) electrons. The van der Waals surface area contributed by atoms with Crippen LogP contribution in [0.1, 0.15) is 5.56 Å². The molecule has 1 rings (SSSR count). The first-order valence-electron chi connectivity index (χ1n) is 3.20. The van der Waals surface area contributed by atoms with Gasteiger partial charge in [0.15, 0.2) is 0 Å². The van der Waals surface area contributed by atoms with Crippen LogP contribution in [-0.4, -0.2) is 8.42 Å². The summed E-state index contributed by atoms with van der Waals surface area (Å²) in [6.45, 7) is 1.70. The van der Waals surface area contributed by atoms with Crippen LogP contribution < -0.4 is 5.14 Å². The fraction of sp³-hybridized carbons (Fsp3) is 0.143. The Kier molecular flexibility index (Phi) is 2.55. The maximum atomic E-state index is 11.0. The number of aryl methyl sites for hydroxylation is 1. The van der Waals surface area contributed by atoms with Gasteiger partial charge in [0.2, 0.25) is 10.0 Å². The summed E-state index contributed by atoms with van der Waals surface area (Å²) in [4.78, 5) is 0.164. The first-order chi connectivity index (χ1) is 5.41. The number of nitrogens with two attached hydrogens (primary N) is 1. The molecule has 1 aromatic carbocycles. The van der Waals surface area contributed by atoms with E-state index >= 15 is 0 Å². The molecule has 66 valence electrons. The van der Waals surface area contributed by atoms with Crippen LogP contribution in [-0.2, 0) is 10.0 Å². The van der Waals surface area contributed by atoms with Gasteiger partial charge in [-0.1, -0.05) is 22.0 Å². The Balaban J connectivity index is 3.43. The molecule has 0 saturated carbocycles. The molecule has 0 saturated heterocycles. The van der Waals surface area contributed by atoms with Crippen LogP contribution in [0.25, 0.3) is 0 Å². The molecule has 0 aromatic heterocycles. The highest BCUT2D eigenvalue weighted by molar-refractivity contribution is 9.10. The van der Waals surface area contributed by atoms with Crippen molar-refractivity contribution in [3.63, 3.8) is 0 Å². The molecule has 0 amide bonds. The maximum absolute atomic E-state index is 11.0. The predicted octanol–water partition coefficient (Wildman–Crippen LogP) is 1.40. The summed E-state index contributed by atoms with van der Waals surface area (Å²) in [5.41, 5.74) is 0.653. The van der Waals surface area contributed by atoms with Gasteiger partial charge in [-0.05, 0) is 24.6 Å². The molecule has 0 spiro atoms. The van der Waals surface area contributed by atoms with E-state index in [1.807, 2.05) is 0 Å². The molecule has 12 heavy (non-hydrogen) atoms. The van der Waals surface area contributed by atoms with E-state index < -0.39 is 10.0 Å². The van der Waals surface area contributed by atoms with Gasteiger partial charge >= 0.3 is 0 Å². The third-order valence-corrected chi connectivity index (χ3v) is 3.00. The minimum atomic E-state index is -3.59. The summed E-state index contributed by atoms with van der Waals surface area (Å²) in [5.74, 6) is 0. The highest BCUT2D eigenvalue weighted by atomic mass is 79.9. The van der Waals surface area contributed by atoms with Crippen molar-refractivity contribution >= 4 is 26.0 Å². The zero-order valence-corrected chi connectivity index (χ0v) is 8.81. The van der Waals surface area contributed by atoms with E-state index in [9.17, 15) is 8.42 Å². The number of primary sulfonamides is 1. The van der Waals surface area contributed by atoms with E-state index in [2.05, 4.69) is 15.9 Å². The smallest absolute Gasteiger partial charge is 0.225 e. The normalized spacial score (nSPS) is 11.6. The van der Waals surface area contributed by atoms with E-state index in [4.69, 9.17) is 5.14 Å². The molecule has 0 heterocycles. The summed E-state index contributed by atoms with van der Waals surface area (Å²) >= 11 is 3.17. The van der Waals surface area contributed by atoms with Crippen LogP contribution in [0.5, 0.6) is 0 Å².